The van der Waals surface area contributed by atoms with Crippen molar-refractivity contribution in [2.75, 3.05) is 36.1 Å². The molecule has 2 aliphatic rings. The summed E-state index contributed by atoms with van der Waals surface area (Å²) in [7, 11) is 0. The summed E-state index contributed by atoms with van der Waals surface area (Å²) in [5, 5.41) is 19.5. The second-order valence-corrected chi connectivity index (χ2v) is 11.0. The van der Waals surface area contributed by atoms with Crippen LogP contribution in [-0.2, 0) is 23.5 Å². The molecule has 15 heteroatoms. The molecule has 2 aromatic heterocycles. The fraction of sp³-hybridized carbons (Fsp3) is 0.400. The lowest BCUT2D eigenvalue weighted by molar-refractivity contribution is -0.141. The maximum Gasteiger partial charge on any atom is 0.433 e. The third-order valence-corrected chi connectivity index (χ3v) is 8.11. The number of ether oxygens (including phenoxy) is 1. The van der Waals surface area contributed by atoms with E-state index >= 15 is 0 Å². The van der Waals surface area contributed by atoms with Gasteiger partial charge in [0, 0.05) is 19.0 Å². The van der Waals surface area contributed by atoms with Gasteiger partial charge in [0.05, 0.1) is 59.4 Å². The van der Waals surface area contributed by atoms with Crippen molar-refractivity contribution in [2.24, 2.45) is 5.73 Å². The zero-order valence-corrected chi connectivity index (χ0v) is 23.9. The fourth-order valence-corrected chi connectivity index (χ4v) is 5.87. The van der Waals surface area contributed by atoms with Crippen molar-refractivity contribution in [2.45, 2.75) is 50.1 Å². The van der Waals surface area contributed by atoms with E-state index in [4.69, 9.17) is 10.5 Å². The third-order valence-electron chi connectivity index (χ3n) is 8.11. The van der Waals surface area contributed by atoms with Crippen LogP contribution in [0.3, 0.4) is 0 Å². The van der Waals surface area contributed by atoms with Crippen LogP contribution >= 0.6 is 0 Å². The Bertz CT molecular complexity index is 1650. The van der Waals surface area contributed by atoms with E-state index in [0.29, 0.717) is 43.6 Å². The number of carboxylic acid groups (broad SMARTS) is 1. The molecule has 1 aromatic carbocycles. The Kier molecular flexibility index (Phi) is 8.41. The number of nitrogens with zero attached hydrogens (tertiary/aromatic N) is 5. The standard InChI is InChI=1S/C30H28F6N6O3/c1-2-28(38)14-22(26-23(42(28)27(43)44)3-4-24(40-26)30(34,35)36)25-19(13-21(16-39-25)41-5-7-45-8-6-41)10-17-9-18(15-37)12-20(11-17)29(31,32)33/h3-4,9,11-13,16,22H,2,5-8,10,14,38H2,1H3,(H,43,44)/t22-,28+/m0/s1. The Morgan fingerprint density at radius 3 is 2.42 bits per heavy atom. The summed E-state index contributed by atoms with van der Waals surface area (Å²) < 4.78 is 88.0. The van der Waals surface area contributed by atoms with Gasteiger partial charge in [0.1, 0.15) is 11.4 Å². The SMILES string of the molecule is CC[C@]1(N)C[C@@H](c2ncc(N3CCOCC3)cc2Cc2cc(C#N)cc(C(F)(F)F)c2)c2nc(C(F)(F)F)ccc2N1C(=O)O. The first-order valence-electron chi connectivity index (χ1n) is 14.0. The molecule has 1 saturated heterocycles. The number of anilines is 2. The number of rotatable bonds is 5. The number of pyridine rings is 2. The summed E-state index contributed by atoms with van der Waals surface area (Å²) in [6, 6.07) is 8.07. The normalized spacial score (nSPS) is 20.5. The van der Waals surface area contributed by atoms with E-state index in [-0.39, 0.29) is 47.5 Å². The summed E-state index contributed by atoms with van der Waals surface area (Å²) in [5.41, 5.74) is 3.45. The maximum atomic E-state index is 13.8. The van der Waals surface area contributed by atoms with E-state index in [0.717, 1.165) is 23.1 Å². The lowest BCUT2D eigenvalue weighted by Gasteiger charge is -2.46. The van der Waals surface area contributed by atoms with Gasteiger partial charge in [0.15, 0.2) is 0 Å². The molecule has 0 spiro atoms. The number of nitrogens with two attached hydrogens (primary N) is 1. The number of carbonyl (C=O) groups is 1. The fourth-order valence-electron chi connectivity index (χ4n) is 5.87. The number of aromatic nitrogens is 2. The molecule has 3 aromatic rings. The third kappa shape index (κ3) is 6.38. The molecule has 238 valence electrons. The van der Waals surface area contributed by atoms with Gasteiger partial charge >= 0.3 is 18.4 Å². The van der Waals surface area contributed by atoms with E-state index in [9.17, 15) is 41.5 Å². The van der Waals surface area contributed by atoms with Gasteiger partial charge in [0.2, 0.25) is 0 Å². The largest absolute Gasteiger partial charge is 0.465 e. The molecule has 0 radical (unpaired) electrons. The zero-order chi connectivity index (χ0) is 32.7. The number of benzene rings is 1. The maximum absolute atomic E-state index is 13.8. The van der Waals surface area contributed by atoms with Crippen molar-refractivity contribution >= 4 is 17.5 Å². The molecule has 0 aliphatic carbocycles. The van der Waals surface area contributed by atoms with Crippen LogP contribution in [0.25, 0.3) is 0 Å². The number of fused-ring (bicyclic) bond motifs is 1. The Labute approximate surface area is 253 Å². The number of nitriles is 1. The highest BCUT2D eigenvalue weighted by Gasteiger charge is 2.47. The van der Waals surface area contributed by atoms with Crippen molar-refractivity contribution < 1.29 is 41.0 Å². The smallest absolute Gasteiger partial charge is 0.433 e. The van der Waals surface area contributed by atoms with Crippen molar-refractivity contribution in [3.63, 3.8) is 0 Å². The quantitative estimate of drug-likeness (QED) is 0.332. The zero-order valence-electron chi connectivity index (χ0n) is 23.9. The Morgan fingerprint density at radius 2 is 1.82 bits per heavy atom. The minimum atomic E-state index is -4.85. The average molecular weight is 635 g/mol. The lowest BCUT2D eigenvalue weighted by atomic mass is 9.79. The summed E-state index contributed by atoms with van der Waals surface area (Å²) >= 11 is 0. The van der Waals surface area contributed by atoms with Crippen LogP contribution in [0.2, 0.25) is 0 Å². The number of alkyl halides is 6. The highest BCUT2D eigenvalue weighted by atomic mass is 19.4. The second kappa shape index (κ2) is 11.8. The molecule has 0 unspecified atom stereocenters. The molecule has 1 amide bonds. The predicted octanol–water partition coefficient (Wildman–Crippen LogP) is 5.90. The molecule has 45 heavy (non-hydrogen) atoms. The molecule has 5 rings (SSSR count). The molecular weight excluding hydrogens is 606 g/mol. The van der Waals surface area contributed by atoms with Crippen molar-refractivity contribution in [1.29, 1.82) is 5.26 Å². The summed E-state index contributed by atoms with van der Waals surface area (Å²) in [6.07, 6.45) is -9.86. The van der Waals surface area contributed by atoms with Crippen LogP contribution in [0.15, 0.2) is 42.6 Å². The molecule has 3 N–H and O–H groups in total. The van der Waals surface area contributed by atoms with Crippen LogP contribution in [-0.4, -0.2) is 53.1 Å². The van der Waals surface area contributed by atoms with Crippen molar-refractivity contribution in [3.8, 4) is 6.07 Å². The van der Waals surface area contributed by atoms with Gasteiger partial charge in [-0.2, -0.15) is 31.6 Å². The topological polar surface area (TPSA) is 129 Å². The van der Waals surface area contributed by atoms with Gasteiger partial charge in [-0.1, -0.05) is 6.92 Å². The molecule has 4 heterocycles. The summed E-state index contributed by atoms with van der Waals surface area (Å²) in [5.74, 6) is -1.06. The first-order valence-corrected chi connectivity index (χ1v) is 14.0. The van der Waals surface area contributed by atoms with E-state index in [1.54, 1.807) is 19.1 Å². The highest BCUT2D eigenvalue weighted by molar-refractivity contribution is 5.89. The summed E-state index contributed by atoms with van der Waals surface area (Å²) in [6.45, 7) is 3.49. The van der Waals surface area contributed by atoms with Crippen molar-refractivity contribution in [3.05, 3.63) is 81.9 Å². The number of hydrogen-bond acceptors (Lipinski definition) is 7. The second-order valence-electron chi connectivity index (χ2n) is 11.0. The molecule has 2 atom stereocenters. The number of morpholine rings is 1. The van der Waals surface area contributed by atoms with Crippen LogP contribution in [0.1, 0.15) is 65.0 Å². The Hall–Kier alpha value is -4.42. The first kappa shape index (κ1) is 32.0. The van der Waals surface area contributed by atoms with Gasteiger partial charge in [-0.25, -0.2) is 9.78 Å². The molecule has 0 bridgehead atoms. The van der Waals surface area contributed by atoms with E-state index in [1.165, 1.54) is 12.3 Å². The van der Waals surface area contributed by atoms with Gasteiger partial charge < -0.3 is 20.5 Å². The van der Waals surface area contributed by atoms with E-state index in [2.05, 4.69) is 9.97 Å². The minimum absolute atomic E-state index is 0.0800. The minimum Gasteiger partial charge on any atom is -0.465 e. The first-order chi connectivity index (χ1) is 21.1. The molecule has 2 aliphatic heterocycles. The number of amides is 1. The van der Waals surface area contributed by atoms with Crippen LogP contribution in [0.5, 0.6) is 0 Å². The van der Waals surface area contributed by atoms with Gasteiger partial charge in [-0.05, 0) is 66.8 Å². The number of hydrogen-bond donors (Lipinski definition) is 2. The average Bonchev–Trinajstić information content (AvgIpc) is 2.99. The highest BCUT2D eigenvalue weighted by Crippen LogP contribution is 2.47. The van der Waals surface area contributed by atoms with Gasteiger partial charge in [-0.15, -0.1) is 0 Å². The molecule has 0 saturated carbocycles. The van der Waals surface area contributed by atoms with Crippen LogP contribution < -0.4 is 15.5 Å². The predicted molar refractivity (Wildman–Crippen MR) is 150 cm³/mol. The Balaban J connectivity index is 1.72. The molecular formula is C30H28F6N6O3. The van der Waals surface area contributed by atoms with Gasteiger partial charge in [-0.3, -0.25) is 9.88 Å². The molecule has 1 fully saturated rings. The van der Waals surface area contributed by atoms with E-state index < -0.39 is 41.3 Å². The van der Waals surface area contributed by atoms with Crippen molar-refractivity contribution in [1.82, 2.24) is 9.97 Å². The van der Waals surface area contributed by atoms with Crippen LogP contribution in [0, 0.1) is 11.3 Å². The number of halogens is 6. The summed E-state index contributed by atoms with van der Waals surface area (Å²) in [4.78, 5) is 23.6. The monoisotopic (exact) mass is 634 g/mol. The molecule has 9 nitrogen and oxygen atoms in total. The van der Waals surface area contributed by atoms with Crippen LogP contribution in [0.4, 0.5) is 42.5 Å². The van der Waals surface area contributed by atoms with E-state index in [1.807, 2.05) is 4.90 Å². The lowest BCUT2D eigenvalue weighted by Crippen LogP contribution is -2.61. The van der Waals surface area contributed by atoms with Gasteiger partial charge in [0.25, 0.3) is 0 Å². The Morgan fingerprint density at radius 1 is 1.11 bits per heavy atom.